The smallest absolute Gasteiger partial charge is 0.319 e. The Balaban J connectivity index is 1.54. The quantitative estimate of drug-likeness (QED) is 0.758. The Morgan fingerprint density at radius 3 is 2.54 bits per heavy atom. The second-order valence-electron chi connectivity index (χ2n) is 5.50. The van der Waals surface area contributed by atoms with Gasteiger partial charge in [-0.25, -0.2) is 4.79 Å². The van der Waals surface area contributed by atoms with Gasteiger partial charge in [0.2, 0.25) is 0 Å². The zero-order valence-electron chi connectivity index (χ0n) is 13.4. The molecule has 0 saturated carbocycles. The summed E-state index contributed by atoms with van der Waals surface area (Å²) in [5.41, 5.74) is 2.88. The summed E-state index contributed by atoms with van der Waals surface area (Å²) >= 11 is 0. The van der Waals surface area contributed by atoms with E-state index in [0.29, 0.717) is 6.54 Å². The Morgan fingerprint density at radius 1 is 1.12 bits per heavy atom. The number of urea groups is 1. The Morgan fingerprint density at radius 2 is 1.88 bits per heavy atom. The maximum atomic E-state index is 12.1. The molecular weight excluding hydrogens is 302 g/mol. The molecule has 0 radical (unpaired) electrons. The summed E-state index contributed by atoms with van der Waals surface area (Å²) in [5, 5.41) is 9.92. The van der Waals surface area contributed by atoms with E-state index in [-0.39, 0.29) is 12.1 Å². The fourth-order valence-corrected chi connectivity index (χ4v) is 2.37. The van der Waals surface area contributed by atoms with Crippen LogP contribution in [0.2, 0.25) is 0 Å². The molecule has 2 heterocycles. The van der Waals surface area contributed by atoms with Crippen molar-refractivity contribution in [1.82, 2.24) is 20.1 Å². The summed E-state index contributed by atoms with van der Waals surface area (Å²) in [4.78, 5) is 16.1. The van der Waals surface area contributed by atoms with Crippen LogP contribution >= 0.6 is 0 Å². The van der Waals surface area contributed by atoms with Gasteiger partial charge in [0.05, 0.1) is 12.6 Å². The molecule has 0 fully saturated rings. The third-order valence-corrected chi connectivity index (χ3v) is 3.67. The number of hydrogen-bond donors (Lipinski definition) is 2. The number of rotatable bonds is 5. The lowest BCUT2D eigenvalue weighted by molar-refractivity contribution is 0.249. The number of amides is 2. The second-order valence-corrected chi connectivity index (χ2v) is 5.50. The van der Waals surface area contributed by atoms with E-state index in [9.17, 15) is 4.79 Å². The van der Waals surface area contributed by atoms with E-state index in [2.05, 4.69) is 20.7 Å². The van der Waals surface area contributed by atoms with Crippen LogP contribution in [0.15, 0.2) is 67.3 Å². The van der Waals surface area contributed by atoms with E-state index in [1.165, 1.54) is 0 Å². The van der Waals surface area contributed by atoms with Crippen LogP contribution in [-0.4, -0.2) is 20.8 Å². The summed E-state index contributed by atoms with van der Waals surface area (Å²) in [6.07, 6.45) is 7.10. The summed E-state index contributed by atoms with van der Waals surface area (Å²) < 4.78 is 1.85. The molecule has 1 aromatic carbocycles. The lowest BCUT2D eigenvalue weighted by atomic mass is 10.1. The van der Waals surface area contributed by atoms with Gasteiger partial charge in [0, 0.05) is 30.5 Å². The van der Waals surface area contributed by atoms with Gasteiger partial charge in [-0.15, -0.1) is 0 Å². The van der Waals surface area contributed by atoms with E-state index in [1.54, 1.807) is 18.6 Å². The highest BCUT2D eigenvalue weighted by molar-refractivity contribution is 5.89. The van der Waals surface area contributed by atoms with Crippen molar-refractivity contribution in [2.75, 3.05) is 5.32 Å². The van der Waals surface area contributed by atoms with Gasteiger partial charge in [-0.1, -0.05) is 12.1 Å². The fraction of sp³-hybridized carbons (Fsp3) is 0.167. The molecule has 0 aliphatic rings. The molecule has 24 heavy (non-hydrogen) atoms. The first-order chi connectivity index (χ1) is 11.7. The van der Waals surface area contributed by atoms with Crippen LogP contribution in [0.25, 0.3) is 0 Å². The lowest BCUT2D eigenvalue weighted by Gasteiger charge is -2.15. The van der Waals surface area contributed by atoms with Gasteiger partial charge >= 0.3 is 6.03 Å². The molecule has 1 atom stereocenters. The van der Waals surface area contributed by atoms with Crippen LogP contribution in [-0.2, 0) is 6.54 Å². The summed E-state index contributed by atoms with van der Waals surface area (Å²) in [6, 6.07) is 13.1. The molecule has 0 aliphatic carbocycles. The monoisotopic (exact) mass is 321 g/mol. The molecule has 0 unspecified atom stereocenters. The molecule has 6 heteroatoms. The van der Waals surface area contributed by atoms with Crippen molar-refractivity contribution in [2.45, 2.75) is 19.5 Å². The van der Waals surface area contributed by atoms with Gasteiger partial charge in [-0.2, -0.15) is 5.10 Å². The number of aromatic nitrogens is 3. The zero-order valence-corrected chi connectivity index (χ0v) is 13.4. The van der Waals surface area contributed by atoms with Gasteiger partial charge in [0.25, 0.3) is 0 Å². The molecule has 2 amide bonds. The number of hydrogen-bond acceptors (Lipinski definition) is 3. The maximum absolute atomic E-state index is 12.1. The maximum Gasteiger partial charge on any atom is 0.319 e. The Kier molecular flexibility index (Phi) is 4.86. The first kappa shape index (κ1) is 15.7. The molecule has 2 N–H and O–H groups in total. The second kappa shape index (κ2) is 7.41. The summed E-state index contributed by atoms with van der Waals surface area (Å²) in [7, 11) is 0. The number of nitrogens with zero attached hydrogens (tertiary/aromatic N) is 3. The van der Waals surface area contributed by atoms with Crippen molar-refractivity contribution in [1.29, 1.82) is 0 Å². The average molecular weight is 321 g/mol. The van der Waals surface area contributed by atoms with E-state index in [0.717, 1.165) is 16.8 Å². The van der Waals surface area contributed by atoms with E-state index in [4.69, 9.17) is 0 Å². The molecule has 3 aromatic rings. The van der Waals surface area contributed by atoms with Gasteiger partial charge in [-0.05, 0) is 48.4 Å². The Labute approximate surface area is 140 Å². The molecule has 0 bridgehead atoms. The van der Waals surface area contributed by atoms with Crippen LogP contribution in [0.1, 0.15) is 24.1 Å². The molecule has 122 valence electrons. The third-order valence-electron chi connectivity index (χ3n) is 3.67. The van der Waals surface area contributed by atoms with Crippen LogP contribution in [0.4, 0.5) is 10.5 Å². The SMILES string of the molecule is C[C@@H](NC(=O)Nc1ccc(Cn2cccn2)cc1)c1ccncc1. The van der Waals surface area contributed by atoms with Crippen molar-refractivity contribution in [3.8, 4) is 0 Å². The Hall–Kier alpha value is -3.15. The minimum atomic E-state index is -0.237. The summed E-state index contributed by atoms with van der Waals surface area (Å²) in [6.45, 7) is 2.64. The van der Waals surface area contributed by atoms with Gasteiger partial charge in [0.15, 0.2) is 0 Å². The van der Waals surface area contributed by atoms with Crippen molar-refractivity contribution >= 4 is 11.7 Å². The number of carbonyl (C=O) groups excluding carboxylic acids is 1. The first-order valence-corrected chi connectivity index (χ1v) is 7.74. The van der Waals surface area contributed by atoms with E-state index < -0.39 is 0 Å². The molecule has 0 spiro atoms. The van der Waals surface area contributed by atoms with E-state index in [1.807, 2.05) is 60.3 Å². The third kappa shape index (κ3) is 4.19. The highest BCUT2D eigenvalue weighted by Crippen LogP contribution is 2.13. The topological polar surface area (TPSA) is 71.8 Å². The lowest BCUT2D eigenvalue weighted by Crippen LogP contribution is -2.31. The minimum Gasteiger partial charge on any atom is -0.331 e. The van der Waals surface area contributed by atoms with Crippen LogP contribution in [0, 0.1) is 0 Å². The van der Waals surface area contributed by atoms with Gasteiger partial charge in [-0.3, -0.25) is 9.67 Å². The van der Waals surface area contributed by atoms with Crippen LogP contribution in [0.5, 0.6) is 0 Å². The molecule has 6 nitrogen and oxygen atoms in total. The predicted octanol–water partition coefficient (Wildman–Crippen LogP) is 3.21. The normalized spacial score (nSPS) is 11.7. The number of carbonyl (C=O) groups is 1. The molecule has 0 saturated heterocycles. The highest BCUT2D eigenvalue weighted by Gasteiger charge is 2.09. The molecular formula is C18H19N5O. The number of anilines is 1. The zero-order chi connectivity index (χ0) is 16.8. The standard InChI is InChI=1S/C18H19N5O/c1-14(16-7-10-19-11-8-16)21-18(24)22-17-5-3-15(4-6-17)13-23-12-2-9-20-23/h2-12,14H,13H2,1H3,(H2,21,22,24)/t14-/m1/s1. The largest absolute Gasteiger partial charge is 0.331 e. The number of benzene rings is 1. The van der Waals surface area contributed by atoms with Gasteiger partial charge in [0.1, 0.15) is 0 Å². The summed E-state index contributed by atoms with van der Waals surface area (Å²) in [5.74, 6) is 0. The van der Waals surface area contributed by atoms with Crippen LogP contribution in [0.3, 0.4) is 0 Å². The fourth-order valence-electron chi connectivity index (χ4n) is 2.37. The Bertz CT molecular complexity index is 769. The first-order valence-electron chi connectivity index (χ1n) is 7.74. The van der Waals surface area contributed by atoms with Crippen molar-refractivity contribution in [2.24, 2.45) is 0 Å². The number of nitrogens with one attached hydrogen (secondary N) is 2. The van der Waals surface area contributed by atoms with Crippen molar-refractivity contribution in [3.05, 3.63) is 78.4 Å². The molecule has 0 aliphatic heterocycles. The minimum absolute atomic E-state index is 0.0907. The van der Waals surface area contributed by atoms with Gasteiger partial charge < -0.3 is 10.6 Å². The highest BCUT2D eigenvalue weighted by atomic mass is 16.2. The van der Waals surface area contributed by atoms with Crippen molar-refractivity contribution < 1.29 is 4.79 Å². The molecule has 2 aromatic heterocycles. The molecule has 3 rings (SSSR count). The van der Waals surface area contributed by atoms with Crippen molar-refractivity contribution in [3.63, 3.8) is 0 Å². The number of pyridine rings is 1. The van der Waals surface area contributed by atoms with Crippen LogP contribution < -0.4 is 10.6 Å². The average Bonchev–Trinajstić information content (AvgIpc) is 3.10. The predicted molar refractivity (Wildman–Crippen MR) is 92.6 cm³/mol. The van der Waals surface area contributed by atoms with E-state index >= 15 is 0 Å².